The summed E-state index contributed by atoms with van der Waals surface area (Å²) in [4.78, 5) is 15.2. The first-order valence-electron chi connectivity index (χ1n) is 8.15. The summed E-state index contributed by atoms with van der Waals surface area (Å²) < 4.78 is 10.8. The smallest absolute Gasteiger partial charge is 0.295 e. The molecule has 0 N–H and O–H groups in total. The molecule has 0 bridgehead atoms. The lowest BCUT2D eigenvalue weighted by Gasteiger charge is -2.09. The van der Waals surface area contributed by atoms with Gasteiger partial charge in [0.05, 0.1) is 24.3 Å². The van der Waals surface area contributed by atoms with Crippen LogP contribution >= 0.6 is 0 Å². The van der Waals surface area contributed by atoms with Gasteiger partial charge in [-0.05, 0) is 36.8 Å². The van der Waals surface area contributed by atoms with Crippen molar-refractivity contribution in [2.24, 2.45) is 0 Å². The number of para-hydroxylation sites is 1. The Hall–Kier alpha value is -3.41. The molecule has 0 spiro atoms. The minimum atomic E-state index is -0.417. The van der Waals surface area contributed by atoms with Gasteiger partial charge in [-0.1, -0.05) is 30.3 Å². The molecule has 0 atom stereocenters. The van der Waals surface area contributed by atoms with Crippen LogP contribution in [0.5, 0.6) is 11.5 Å². The number of ether oxygens (including phenoxy) is 2. The van der Waals surface area contributed by atoms with E-state index in [1.54, 1.807) is 19.2 Å². The van der Waals surface area contributed by atoms with Crippen LogP contribution in [0.3, 0.4) is 0 Å². The van der Waals surface area contributed by atoms with Gasteiger partial charge >= 0.3 is 0 Å². The Morgan fingerprint density at radius 2 is 1.96 bits per heavy atom. The molecule has 0 amide bonds. The Labute approximate surface area is 150 Å². The minimum Gasteiger partial charge on any atom is -0.493 e. The summed E-state index contributed by atoms with van der Waals surface area (Å²) in [5.41, 5.74) is 1.93. The lowest BCUT2D eigenvalue weighted by molar-refractivity contribution is -0.383. The van der Waals surface area contributed by atoms with Crippen molar-refractivity contribution in [2.75, 3.05) is 13.7 Å². The van der Waals surface area contributed by atoms with E-state index in [1.165, 1.54) is 6.07 Å². The fourth-order valence-electron chi connectivity index (χ4n) is 2.63. The molecular formula is C20H18N2O4. The van der Waals surface area contributed by atoms with E-state index in [2.05, 4.69) is 4.98 Å². The third kappa shape index (κ3) is 3.64. The number of nitro benzene ring substituents is 1. The summed E-state index contributed by atoms with van der Waals surface area (Å²) in [6.07, 6.45) is 3.69. The summed E-state index contributed by atoms with van der Waals surface area (Å²) in [6, 6.07) is 14.2. The normalized spacial score (nSPS) is 11.0. The SMILES string of the molecule is CCOc1ccc(C=Cc2ccc3cccc([N+](=O)[O-])c3n2)cc1OC. The first kappa shape index (κ1) is 17.4. The number of hydrogen-bond acceptors (Lipinski definition) is 5. The van der Waals surface area contributed by atoms with Gasteiger partial charge in [-0.25, -0.2) is 4.98 Å². The third-order valence-corrected chi connectivity index (χ3v) is 3.85. The predicted molar refractivity (Wildman–Crippen MR) is 101 cm³/mol. The maximum atomic E-state index is 11.2. The molecule has 0 aliphatic carbocycles. The van der Waals surface area contributed by atoms with Gasteiger partial charge in [0.2, 0.25) is 0 Å². The van der Waals surface area contributed by atoms with Crippen LogP contribution in [0.4, 0.5) is 5.69 Å². The van der Waals surface area contributed by atoms with E-state index in [-0.39, 0.29) is 5.69 Å². The number of aromatic nitrogens is 1. The lowest BCUT2D eigenvalue weighted by atomic mass is 10.1. The summed E-state index contributed by atoms with van der Waals surface area (Å²) >= 11 is 0. The molecular weight excluding hydrogens is 332 g/mol. The molecule has 0 saturated carbocycles. The van der Waals surface area contributed by atoms with Crippen LogP contribution in [0.1, 0.15) is 18.2 Å². The highest BCUT2D eigenvalue weighted by Gasteiger charge is 2.12. The lowest BCUT2D eigenvalue weighted by Crippen LogP contribution is -1.95. The molecule has 2 aromatic carbocycles. The quantitative estimate of drug-likeness (QED) is 0.475. The molecule has 6 nitrogen and oxygen atoms in total. The Balaban J connectivity index is 1.93. The molecule has 1 aromatic heterocycles. The summed E-state index contributed by atoms with van der Waals surface area (Å²) in [7, 11) is 1.59. The number of benzene rings is 2. The minimum absolute atomic E-state index is 0.000450. The second-order valence-corrected chi connectivity index (χ2v) is 5.52. The van der Waals surface area contributed by atoms with Crippen LogP contribution in [-0.2, 0) is 0 Å². The topological polar surface area (TPSA) is 74.5 Å². The molecule has 0 radical (unpaired) electrons. The van der Waals surface area contributed by atoms with Crippen molar-refractivity contribution < 1.29 is 14.4 Å². The average molecular weight is 350 g/mol. The maximum Gasteiger partial charge on any atom is 0.295 e. The van der Waals surface area contributed by atoms with Crippen LogP contribution in [0.15, 0.2) is 48.5 Å². The van der Waals surface area contributed by atoms with Gasteiger partial charge in [-0.15, -0.1) is 0 Å². The molecule has 0 fully saturated rings. The largest absolute Gasteiger partial charge is 0.493 e. The Kier molecular flexibility index (Phi) is 5.12. The van der Waals surface area contributed by atoms with Crippen molar-refractivity contribution in [1.29, 1.82) is 0 Å². The van der Waals surface area contributed by atoms with Crippen molar-refractivity contribution in [3.8, 4) is 11.5 Å². The Bertz CT molecular complexity index is 983. The van der Waals surface area contributed by atoms with Crippen molar-refractivity contribution in [3.05, 3.63) is 69.9 Å². The van der Waals surface area contributed by atoms with E-state index >= 15 is 0 Å². The second-order valence-electron chi connectivity index (χ2n) is 5.52. The zero-order chi connectivity index (χ0) is 18.5. The van der Waals surface area contributed by atoms with E-state index in [4.69, 9.17) is 9.47 Å². The molecule has 132 valence electrons. The second kappa shape index (κ2) is 7.65. The number of hydrogen-bond donors (Lipinski definition) is 0. The van der Waals surface area contributed by atoms with E-state index in [1.807, 2.05) is 49.4 Å². The number of pyridine rings is 1. The van der Waals surface area contributed by atoms with Gasteiger partial charge in [-0.3, -0.25) is 10.1 Å². The first-order chi connectivity index (χ1) is 12.6. The molecule has 0 aliphatic rings. The maximum absolute atomic E-state index is 11.2. The van der Waals surface area contributed by atoms with Gasteiger partial charge in [-0.2, -0.15) is 0 Å². The third-order valence-electron chi connectivity index (χ3n) is 3.85. The zero-order valence-corrected chi connectivity index (χ0v) is 14.5. The van der Waals surface area contributed by atoms with Gasteiger partial charge in [0, 0.05) is 11.5 Å². The van der Waals surface area contributed by atoms with Gasteiger partial charge in [0.1, 0.15) is 5.52 Å². The number of nitro groups is 1. The van der Waals surface area contributed by atoms with Crippen molar-refractivity contribution in [2.45, 2.75) is 6.92 Å². The van der Waals surface area contributed by atoms with Gasteiger partial charge in [0.15, 0.2) is 11.5 Å². The van der Waals surface area contributed by atoms with E-state index in [0.717, 1.165) is 10.9 Å². The summed E-state index contributed by atoms with van der Waals surface area (Å²) in [5, 5.41) is 11.9. The molecule has 3 aromatic rings. The Morgan fingerprint density at radius 3 is 2.69 bits per heavy atom. The standard InChI is InChI=1S/C20H18N2O4/c1-3-26-18-12-8-14(13-19(18)25-2)7-10-16-11-9-15-5-4-6-17(22(23)24)20(15)21-16/h4-13H,3H2,1-2H3. The number of nitrogens with zero attached hydrogens (tertiary/aromatic N) is 2. The zero-order valence-electron chi connectivity index (χ0n) is 14.5. The van der Waals surface area contributed by atoms with Crippen LogP contribution in [0.2, 0.25) is 0 Å². The molecule has 6 heteroatoms. The number of methoxy groups -OCH3 is 1. The van der Waals surface area contributed by atoms with E-state index in [0.29, 0.717) is 29.3 Å². The molecule has 26 heavy (non-hydrogen) atoms. The van der Waals surface area contributed by atoms with E-state index in [9.17, 15) is 10.1 Å². The van der Waals surface area contributed by atoms with Gasteiger partial charge < -0.3 is 9.47 Å². The monoisotopic (exact) mass is 350 g/mol. The van der Waals surface area contributed by atoms with Crippen LogP contribution < -0.4 is 9.47 Å². The van der Waals surface area contributed by atoms with E-state index < -0.39 is 4.92 Å². The number of non-ortho nitro benzene ring substituents is 1. The summed E-state index contributed by atoms with van der Waals surface area (Å²) in [5.74, 6) is 1.34. The molecule has 0 unspecified atom stereocenters. The number of fused-ring (bicyclic) bond motifs is 1. The molecule has 3 rings (SSSR count). The fraction of sp³-hybridized carbons (Fsp3) is 0.150. The van der Waals surface area contributed by atoms with Crippen LogP contribution in [-0.4, -0.2) is 23.6 Å². The van der Waals surface area contributed by atoms with Crippen LogP contribution in [0.25, 0.3) is 23.1 Å². The first-order valence-corrected chi connectivity index (χ1v) is 8.15. The highest BCUT2D eigenvalue weighted by Crippen LogP contribution is 2.29. The average Bonchev–Trinajstić information content (AvgIpc) is 2.66. The molecule has 0 saturated heterocycles. The van der Waals surface area contributed by atoms with Gasteiger partial charge in [0.25, 0.3) is 5.69 Å². The molecule has 1 heterocycles. The number of rotatable bonds is 6. The Morgan fingerprint density at radius 1 is 1.12 bits per heavy atom. The van der Waals surface area contributed by atoms with Crippen LogP contribution in [0, 0.1) is 10.1 Å². The predicted octanol–water partition coefficient (Wildman–Crippen LogP) is 4.72. The fourth-order valence-corrected chi connectivity index (χ4v) is 2.63. The highest BCUT2D eigenvalue weighted by molar-refractivity contribution is 5.88. The van der Waals surface area contributed by atoms with Crippen molar-refractivity contribution in [3.63, 3.8) is 0 Å². The summed E-state index contributed by atoms with van der Waals surface area (Å²) in [6.45, 7) is 2.48. The van der Waals surface area contributed by atoms with Crippen molar-refractivity contribution in [1.82, 2.24) is 4.98 Å². The molecule has 0 aliphatic heterocycles. The van der Waals surface area contributed by atoms with Crippen molar-refractivity contribution >= 4 is 28.7 Å². The highest BCUT2D eigenvalue weighted by atomic mass is 16.6.